The minimum Gasteiger partial charge on any atom is -0.481 e. The molecule has 2 aromatic rings. The second-order valence-corrected chi connectivity index (χ2v) is 5.99. The molecule has 6 heteroatoms. The fourth-order valence-corrected chi connectivity index (χ4v) is 2.74. The number of nitrogens with zero attached hydrogens (tertiary/aromatic N) is 2. The van der Waals surface area contributed by atoms with Gasteiger partial charge in [-0.3, -0.25) is 4.79 Å². The van der Waals surface area contributed by atoms with Gasteiger partial charge >= 0.3 is 5.97 Å². The number of aromatic nitrogens is 2. The third kappa shape index (κ3) is 2.85. The predicted molar refractivity (Wildman–Crippen MR) is 73.5 cm³/mol. The van der Waals surface area contributed by atoms with Crippen LogP contribution in [0.1, 0.15) is 29.6 Å². The molecule has 3 rings (SSSR count). The van der Waals surface area contributed by atoms with Crippen molar-refractivity contribution in [2.75, 3.05) is 0 Å². The predicted octanol–water partition coefficient (Wildman–Crippen LogP) is 2.86. The molecular formula is C14H14N2O3S. The van der Waals surface area contributed by atoms with E-state index in [4.69, 9.17) is 9.63 Å². The number of carbonyl (C=O) groups is 1. The molecule has 1 fully saturated rings. The van der Waals surface area contributed by atoms with Gasteiger partial charge in [0.2, 0.25) is 5.89 Å². The first-order valence-corrected chi connectivity index (χ1v) is 7.37. The van der Waals surface area contributed by atoms with E-state index in [-0.39, 0.29) is 11.8 Å². The number of hydrogen-bond donors (Lipinski definition) is 1. The largest absolute Gasteiger partial charge is 0.481 e. The van der Waals surface area contributed by atoms with E-state index >= 15 is 0 Å². The van der Waals surface area contributed by atoms with Crippen molar-refractivity contribution in [2.24, 2.45) is 5.92 Å². The number of thioether (sulfide) groups is 1. The van der Waals surface area contributed by atoms with Crippen LogP contribution in [0.4, 0.5) is 0 Å². The van der Waals surface area contributed by atoms with Crippen molar-refractivity contribution in [3.05, 3.63) is 41.5 Å². The van der Waals surface area contributed by atoms with Crippen molar-refractivity contribution in [1.29, 1.82) is 0 Å². The molecule has 20 heavy (non-hydrogen) atoms. The molecule has 0 radical (unpaired) electrons. The number of carboxylic acids is 1. The van der Waals surface area contributed by atoms with Crippen LogP contribution in [0.5, 0.6) is 0 Å². The maximum Gasteiger partial charge on any atom is 0.307 e. The second-order valence-electron chi connectivity index (χ2n) is 4.94. The minimum absolute atomic E-state index is 0.0990. The van der Waals surface area contributed by atoms with Gasteiger partial charge in [-0.05, 0) is 25.5 Å². The average Bonchev–Trinajstić information content (AvgIpc) is 3.11. The minimum atomic E-state index is -0.788. The van der Waals surface area contributed by atoms with Gasteiger partial charge in [0.15, 0.2) is 5.82 Å². The summed E-state index contributed by atoms with van der Waals surface area (Å²) in [5.74, 6) is 0.449. The number of aliphatic carboxylic acids is 1. The molecule has 0 bridgehead atoms. The smallest absolute Gasteiger partial charge is 0.307 e. The molecule has 0 aliphatic heterocycles. The van der Waals surface area contributed by atoms with Crippen molar-refractivity contribution in [1.82, 2.24) is 10.1 Å². The number of benzene rings is 1. The Morgan fingerprint density at radius 1 is 1.45 bits per heavy atom. The van der Waals surface area contributed by atoms with Crippen molar-refractivity contribution >= 4 is 17.7 Å². The number of hydrogen-bond acceptors (Lipinski definition) is 5. The molecule has 0 spiro atoms. The summed E-state index contributed by atoms with van der Waals surface area (Å²) in [6.45, 7) is 2.05. The first-order valence-electron chi connectivity index (χ1n) is 6.38. The molecule has 0 saturated heterocycles. The summed E-state index contributed by atoms with van der Waals surface area (Å²) in [7, 11) is 0. The van der Waals surface area contributed by atoms with Gasteiger partial charge in [0.25, 0.3) is 0 Å². The van der Waals surface area contributed by atoms with Gasteiger partial charge in [-0.2, -0.15) is 4.98 Å². The molecule has 1 aliphatic rings. The van der Waals surface area contributed by atoms with E-state index in [2.05, 4.69) is 41.3 Å². The molecule has 2 unspecified atom stereocenters. The normalized spacial score (nSPS) is 20.9. The lowest BCUT2D eigenvalue weighted by Gasteiger charge is -1.98. The maximum atomic E-state index is 10.8. The molecule has 1 aliphatic carbocycles. The van der Waals surface area contributed by atoms with Crippen LogP contribution in [0, 0.1) is 12.8 Å². The molecular weight excluding hydrogens is 276 g/mol. The third-order valence-electron chi connectivity index (χ3n) is 3.30. The summed E-state index contributed by atoms with van der Waals surface area (Å²) in [4.78, 5) is 16.2. The van der Waals surface area contributed by atoms with Crippen LogP contribution >= 0.6 is 11.8 Å². The highest BCUT2D eigenvalue weighted by Gasteiger charge is 2.48. The van der Waals surface area contributed by atoms with E-state index in [1.54, 1.807) is 11.8 Å². The Morgan fingerprint density at radius 2 is 2.20 bits per heavy atom. The van der Waals surface area contributed by atoms with Crippen LogP contribution in [0.3, 0.4) is 0 Å². The molecule has 1 saturated carbocycles. The Labute approximate surface area is 120 Å². The first kappa shape index (κ1) is 13.2. The van der Waals surface area contributed by atoms with Gasteiger partial charge < -0.3 is 9.63 Å². The van der Waals surface area contributed by atoms with E-state index in [0.717, 1.165) is 4.90 Å². The van der Waals surface area contributed by atoms with Crippen molar-refractivity contribution in [3.63, 3.8) is 0 Å². The molecule has 1 aromatic carbocycles. The van der Waals surface area contributed by atoms with Gasteiger partial charge in [0, 0.05) is 4.90 Å². The van der Waals surface area contributed by atoms with E-state index in [1.807, 2.05) is 0 Å². The Kier molecular flexibility index (Phi) is 3.48. The molecule has 0 amide bonds. The molecule has 2 atom stereocenters. The molecule has 104 valence electrons. The lowest BCUT2D eigenvalue weighted by atomic mass is 10.2. The maximum absolute atomic E-state index is 10.8. The molecule has 1 aromatic heterocycles. The average molecular weight is 290 g/mol. The summed E-state index contributed by atoms with van der Waals surface area (Å²) in [6.07, 6.45) is 0.599. The van der Waals surface area contributed by atoms with Crippen LogP contribution in [-0.2, 0) is 10.5 Å². The van der Waals surface area contributed by atoms with Crippen LogP contribution in [0.15, 0.2) is 33.7 Å². The van der Waals surface area contributed by atoms with Crippen LogP contribution in [0.25, 0.3) is 0 Å². The topological polar surface area (TPSA) is 76.2 Å². The Morgan fingerprint density at radius 3 is 2.85 bits per heavy atom. The highest BCUT2D eigenvalue weighted by Crippen LogP contribution is 2.46. The lowest BCUT2D eigenvalue weighted by Crippen LogP contribution is -1.99. The fraction of sp³-hybridized carbons (Fsp3) is 0.357. The Balaban J connectivity index is 1.58. The molecule has 1 N–H and O–H groups in total. The fourth-order valence-electron chi connectivity index (χ4n) is 2.00. The summed E-state index contributed by atoms with van der Waals surface area (Å²) >= 11 is 1.63. The van der Waals surface area contributed by atoms with Crippen molar-refractivity contribution < 1.29 is 14.4 Å². The van der Waals surface area contributed by atoms with Gasteiger partial charge in [0.1, 0.15) is 0 Å². The number of carboxylic acid groups (broad SMARTS) is 1. The molecule has 1 heterocycles. The monoisotopic (exact) mass is 290 g/mol. The highest BCUT2D eigenvalue weighted by molar-refractivity contribution is 7.98. The summed E-state index contributed by atoms with van der Waals surface area (Å²) in [5.41, 5.74) is 1.23. The molecule has 5 nitrogen and oxygen atoms in total. The van der Waals surface area contributed by atoms with Crippen LogP contribution < -0.4 is 0 Å². The second kappa shape index (κ2) is 5.28. The Bertz CT molecular complexity index is 624. The van der Waals surface area contributed by atoms with Crippen LogP contribution in [0.2, 0.25) is 0 Å². The van der Waals surface area contributed by atoms with E-state index in [0.29, 0.717) is 23.9 Å². The summed E-state index contributed by atoms with van der Waals surface area (Å²) < 4.78 is 5.14. The highest BCUT2D eigenvalue weighted by atomic mass is 32.2. The standard InChI is InChI=1S/C14H14N2O3S/c1-8-2-4-9(5-3-8)20-7-12-15-13(19-16-12)10-6-11(10)14(17)18/h2-5,10-11H,6-7H2,1H3,(H,17,18). The van der Waals surface area contributed by atoms with Crippen molar-refractivity contribution in [2.45, 2.75) is 29.9 Å². The summed E-state index contributed by atoms with van der Waals surface area (Å²) in [5, 5.41) is 12.8. The SMILES string of the molecule is Cc1ccc(SCc2noc(C3CC3C(=O)O)n2)cc1. The quantitative estimate of drug-likeness (QED) is 0.853. The zero-order chi connectivity index (χ0) is 14.1. The van der Waals surface area contributed by atoms with Crippen molar-refractivity contribution in [3.8, 4) is 0 Å². The Hall–Kier alpha value is -1.82. The number of aryl methyl sites for hydroxylation is 1. The van der Waals surface area contributed by atoms with E-state index in [9.17, 15) is 4.79 Å². The zero-order valence-corrected chi connectivity index (χ0v) is 11.8. The van der Waals surface area contributed by atoms with Gasteiger partial charge in [-0.1, -0.05) is 22.9 Å². The van der Waals surface area contributed by atoms with Crippen LogP contribution in [-0.4, -0.2) is 21.2 Å². The zero-order valence-electron chi connectivity index (χ0n) is 10.9. The first-order chi connectivity index (χ1) is 9.63. The van der Waals surface area contributed by atoms with Gasteiger partial charge in [-0.15, -0.1) is 11.8 Å². The van der Waals surface area contributed by atoms with Gasteiger partial charge in [-0.25, -0.2) is 0 Å². The number of rotatable bonds is 5. The third-order valence-corrected chi connectivity index (χ3v) is 4.31. The van der Waals surface area contributed by atoms with E-state index in [1.165, 1.54) is 5.56 Å². The van der Waals surface area contributed by atoms with Gasteiger partial charge in [0.05, 0.1) is 17.6 Å². The summed E-state index contributed by atoms with van der Waals surface area (Å²) in [6, 6.07) is 8.24. The van der Waals surface area contributed by atoms with E-state index < -0.39 is 5.97 Å². The lowest BCUT2D eigenvalue weighted by molar-refractivity contribution is -0.138.